The van der Waals surface area contributed by atoms with Gasteiger partial charge in [0.2, 0.25) is 0 Å². The fraction of sp³-hybridized carbons (Fsp3) is 0.417. The minimum atomic E-state index is -0.698. The van der Waals surface area contributed by atoms with E-state index >= 15 is 0 Å². The number of carboxylic acid groups (broad SMARTS) is 1. The van der Waals surface area contributed by atoms with E-state index in [9.17, 15) is 4.79 Å². The van der Waals surface area contributed by atoms with E-state index in [1.807, 2.05) is 24.3 Å². The van der Waals surface area contributed by atoms with Gasteiger partial charge in [0.05, 0.1) is 7.11 Å². The molecule has 1 N–H and O–H groups in total. The molecule has 15 heavy (non-hydrogen) atoms. The SMILES string of the molecule is COc1ccc([C@H]2C[C@@H]2CC(=O)O)cc1. The van der Waals surface area contributed by atoms with Crippen molar-refractivity contribution in [2.45, 2.75) is 18.8 Å². The Hall–Kier alpha value is -1.51. The van der Waals surface area contributed by atoms with Gasteiger partial charge in [-0.15, -0.1) is 0 Å². The van der Waals surface area contributed by atoms with Crippen LogP contribution in [-0.4, -0.2) is 18.2 Å². The Kier molecular flexibility index (Phi) is 2.62. The van der Waals surface area contributed by atoms with E-state index in [1.54, 1.807) is 7.11 Å². The second kappa shape index (κ2) is 3.93. The van der Waals surface area contributed by atoms with Crippen LogP contribution in [0.1, 0.15) is 24.3 Å². The molecule has 1 aliphatic rings. The lowest BCUT2D eigenvalue weighted by Gasteiger charge is -2.02. The highest BCUT2D eigenvalue weighted by molar-refractivity contribution is 5.67. The van der Waals surface area contributed by atoms with Crippen LogP contribution in [0.4, 0.5) is 0 Å². The summed E-state index contributed by atoms with van der Waals surface area (Å²) < 4.78 is 5.07. The van der Waals surface area contributed by atoms with Gasteiger partial charge in [-0.3, -0.25) is 4.79 Å². The lowest BCUT2D eigenvalue weighted by Crippen LogP contribution is -1.96. The van der Waals surface area contributed by atoms with Gasteiger partial charge in [-0.2, -0.15) is 0 Å². The number of benzene rings is 1. The zero-order valence-corrected chi connectivity index (χ0v) is 8.64. The summed E-state index contributed by atoms with van der Waals surface area (Å²) in [6.45, 7) is 0. The van der Waals surface area contributed by atoms with Crippen molar-refractivity contribution in [3.05, 3.63) is 29.8 Å². The quantitative estimate of drug-likeness (QED) is 0.822. The molecule has 3 nitrogen and oxygen atoms in total. The maximum absolute atomic E-state index is 10.5. The van der Waals surface area contributed by atoms with Gasteiger partial charge in [-0.1, -0.05) is 12.1 Å². The van der Waals surface area contributed by atoms with Gasteiger partial charge in [-0.25, -0.2) is 0 Å². The third-order valence-electron chi connectivity index (χ3n) is 2.90. The van der Waals surface area contributed by atoms with E-state index in [-0.39, 0.29) is 6.42 Å². The average molecular weight is 206 g/mol. The number of rotatable bonds is 4. The molecule has 0 radical (unpaired) electrons. The van der Waals surface area contributed by atoms with Crippen LogP contribution >= 0.6 is 0 Å². The summed E-state index contributed by atoms with van der Waals surface area (Å²) in [6.07, 6.45) is 1.29. The maximum atomic E-state index is 10.5. The van der Waals surface area contributed by atoms with Gasteiger partial charge in [0.25, 0.3) is 0 Å². The van der Waals surface area contributed by atoms with Gasteiger partial charge in [-0.05, 0) is 36.0 Å². The van der Waals surface area contributed by atoms with Gasteiger partial charge in [0.15, 0.2) is 0 Å². The minimum Gasteiger partial charge on any atom is -0.497 e. The van der Waals surface area contributed by atoms with Gasteiger partial charge in [0, 0.05) is 6.42 Å². The van der Waals surface area contributed by atoms with Crippen LogP contribution in [0.3, 0.4) is 0 Å². The summed E-state index contributed by atoms with van der Waals surface area (Å²) in [4.78, 5) is 10.5. The molecule has 0 aromatic heterocycles. The summed E-state index contributed by atoms with van der Waals surface area (Å²) >= 11 is 0. The highest BCUT2D eigenvalue weighted by Gasteiger charge is 2.39. The molecule has 1 aliphatic carbocycles. The number of aliphatic carboxylic acids is 1. The third-order valence-corrected chi connectivity index (χ3v) is 2.90. The normalized spacial score (nSPS) is 23.5. The Morgan fingerprint density at radius 1 is 1.47 bits per heavy atom. The molecule has 0 bridgehead atoms. The number of carbonyl (C=O) groups is 1. The lowest BCUT2D eigenvalue weighted by atomic mass is 10.1. The predicted octanol–water partition coefficient (Wildman–Crippen LogP) is 2.27. The number of ether oxygens (including phenoxy) is 1. The number of carboxylic acids is 1. The standard InChI is InChI=1S/C12H14O3/c1-15-10-4-2-8(3-5-10)11-6-9(11)7-12(13)14/h2-5,9,11H,6-7H2,1H3,(H,13,14)/t9-,11-/m1/s1. The molecule has 0 amide bonds. The van der Waals surface area contributed by atoms with Crippen molar-refractivity contribution in [3.63, 3.8) is 0 Å². The number of methoxy groups -OCH3 is 1. The van der Waals surface area contributed by atoms with Gasteiger partial charge < -0.3 is 9.84 Å². The molecule has 2 atom stereocenters. The zero-order valence-electron chi connectivity index (χ0n) is 8.64. The average Bonchev–Trinajstić information content (AvgIpc) is 2.96. The first-order valence-corrected chi connectivity index (χ1v) is 5.06. The third kappa shape index (κ3) is 2.29. The van der Waals surface area contributed by atoms with E-state index in [2.05, 4.69) is 0 Å². The second-order valence-corrected chi connectivity index (χ2v) is 3.97. The maximum Gasteiger partial charge on any atom is 0.303 e. The Morgan fingerprint density at radius 2 is 2.13 bits per heavy atom. The van der Waals surface area contributed by atoms with Crippen LogP contribution in [0.15, 0.2) is 24.3 Å². The van der Waals surface area contributed by atoms with Crippen molar-refractivity contribution in [3.8, 4) is 5.75 Å². The van der Waals surface area contributed by atoms with Crippen LogP contribution in [-0.2, 0) is 4.79 Å². The molecular formula is C12H14O3. The van der Waals surface area contributed by atoms with Crippen molar-refractivity contribution >= 4 is 5.97 Å². The molecule has 0 spiro atoms. The Bertz CT molecular complexity index is 356. The van der Waals surface area contributed by atoms with Crippen LogP contribution in [0, 0.1) is 5.92 Å². The van der Waals surface area contributed by atoms with Crippen LogP contribution in [0.2, 0.25) is 0 Å². The smallest absolute Gasteiger partial charge is 0.303 e. The van der Waals surface area contributed by atoms with Crippen LogP contribution in [0.25, 0.3) is 0 Å². The molecule has 0 heterocycles. The molecule has 0 unspecified atom stereocenters. The highest BCUT2D eigenvalue weighted by Crippen LogP contribution is 2.49. The predicted molar refractivity (Wildman–Crippen MR) is 56.1 cm³/mol. The second-order valence-electron chi connectivity index (χ2n) is 3.97. The number of hydrogen-bond donors (Lipinski definition) is 1. The molecule has 1 aromatic carbocycles. The first-order chi connectivity index (χ1) is 7.20. The summed E-state index contributed by atoms with van der Waals surface area (Å²) in [7, 11) is 1.64. The number of hydrogen-bond acceptors (Lipinski definition) is 2. The van der Waals surface area contributed by atoms with E-state index in [1.165, 1.54) is 5.56 Å². The first kappa shape index (κ1) is 10.0. The van der Waals surface area contributed by atoms with Crippen molar-refractivity contribution in [1.82, 2.24) is 0 Å². The zero-order chi connectivity index (χ0) is 10.8. The topological polar surface area (TPSA) is 46.5 Å². The Balaban J connectivity index is 1.97. The van der Waals surface area contributed by atoms with E-state index in [0.717, 1.165) is 12.2 Å². The minimum absolute atomic E-state index is 0.288. The van der Waals surface area contributed by atoms with Crippen molar-refractivity contribution in [1.29, 1.82) is 0 Å². The molecule has 0 saturated heterocycles. The van der Waals surface area contributed by atoms with Crippen molar-refractivity contribution < 1.29 is 14.6 Å². The lowest BCUT2D eigenvalue weighted by molar-refractivity contribution is -0.137. The molecular weight excluding hydrogens is 192 g/mol. The van der Waals surface area contributed by atoms with E-state index < -0.39 is 5.97 Å². The monoisotopic (exact) mass is 206 g/mol. The van der Waals surface area contributed by atoms with Crippen LogP contribution in [0.5, 0.6) is 5.75 Å². The Morgan fingerprint density at radius 3 is 2.67 bits per heavy atom. The van der Waals surface area contributed by atoms with Crippen molar-refractivity contribution in [2.75, 3.05) is 7.11 Å². The van der Waals surface area contributed by atoms with E-state index in [4.69, 9.17) is 9.84 Å². The fourth-order valence-electron chi connectivity index (χ4n) is 1.96. The van der Waals surface area contributed by atoms with E-state index in [0.29, 0.717) is 11.8 Å². The van der Waals surface area contributed by atoms with Gasteiger partial charge in [0.1, 0.15) is 5.75 Å². The largest absolute Gasteiger partial charge is 0.497 e. The molecule has 1 saturated carbocycles. The van der Waals surface area contributed by atoms with Crippen LogP contribution < -0.4 is 4.74 Å². The molecule has 80 valence electrons. The Labute approximate surface area is 88.7 Å². The van der Waals surface area contributed by atoms with Crippen molar-refractivity contribution in [2.24, 2.45) is 5.92 Å². The molecule has 1 fully saturated rings. The molecule has 3 heteroatoms. The fourth-order valence-corrected chi connectivity index (χ4v) is 1.96. The first-order valence-electron chi connectivity index (χ1n) is 5.06. The summed E-state index contributed by atoms with van der Waals surface area (Å²) in [5.74, 6) is 0.910. The summed E-state index contributed by atoms with van der Waals surface area (Å²) in [5, 5.41) is 8.65. The highest BCUT2D eigenvalue weighted by atomic mass is 16.5. The summed E-state index contributed by atoms with van der Waals surface area (Å²) in [5.41, 5.74) is 1.22. The molecule has 0 aliphatic heterocycles. The molecule has 1 aromatic rings. The van der Waals surface area contributed by atoms with Gasteiger partial charge >= 0.3 is 5.97 Å². The summed E-state index contributed by atoms with van der Waals surface area (Å²) in [6, 6.07) is 7.88. The molecule has 2 rings (SSSR count).